The zero-order chi connectivity index (χ0) is 22.5. The van der Waals surface area contributed by atoms with E-state index < -0.39 is 0 Å². The molecule has 164 valence electrons. The van der Waals surface area contributed by atoms with Crippen molar-refractivity contribution in [3.05, 3.63) is 95.3 Å². The summed E-state index contributed by atoms with van der Waals surface area (Å²) in [6.07, 6.45) is 3.44. The highest BCUT2D eigenvalue weighted by atomic mass is 16.5. The molecule has 0 radical (unpaired) electrons. The molecule has 3 aromatic rings. The van der Waals surface area contributed by atoms with Crippen LogP contribution in [0.1, 0.15) is 33.0 Å². The number of benzene rings is 2. The zero-order valence-corrected chi connectivity index (χ0v) is 18.3. The van der Waals surface area contributed by atoms with Crippen LogP contribution in [0.5, 0.6) is 5.75 Å². The second-order valence-electron chi connectivity index (χ2n) is 8.11. The van der Waals surface area contributed by atoms with Crippen LogP contribution in [-0.2, 0) is 11.3 Å². The van der Waals surface area contributed by atoms with Gasteiger partial charge in [-0.15, -0.1) is 0 Å². The lowest BCUT2D eigenvalue weighted by atomic mass is 9.87. The summed E-state index contributed by atoms with van der Waals surface area (Å²) in [7, 11) is 1.63. The van der Waals surface area contributed by atoms with Gasteiger partial charge in [-0.05, 0) is 42.3 Å². The van der Waals surface area contributed by atoms with Crippen molar-refractivity contribution in [3.8, 4) is 5.75 Å². The van der Waals surface area contributed by atoms with Gasteiger partial charge in [-0.2, -0.15) is 0 Å². The average molecular weight is 430 g/mol. The molecule has 1 aliphatic rings. The maximum Gasteiger partial charge on any atom is 0.253 e. The standard InChI is InChI=1S/C26H27N3O3/c1-18-9-11-20(12-10-18)26(31)29-16-22(21-7-3-4-8-24(21)32-2)23(17-29)25(30)28-15-19-6-5-13-27-14-19/h3-14,22-23H,15-17H2,1-2H3,(H,28,30)/t22-,23-/m1/s1. The number of aryl methyl sites for hydroxylation is 1. The van der Waals surface area contributed by atoms with E-state index in [4.69, 9.17) is 4.74 Å². The van der Waals surface area contributed by atoms with Gasteiger partial charge in [0.2, 0.25) is 5.91 Å². The predicted octanol–water partition coefficient (Wildman–Crippen LogP) is 3.57. The summed E-state index contributed by atoms with van der Waals surface area (Å²) >= 11 is 0. The summed E-state index contributed by atoms with van der Waals surface area (Å²) in [5, 5.41) is 3.03. The molecule has 2 heterocycles. The lowest BCUT2D eigenvalue weighted by molar-refractivity contribution is -0.125. The fraction of sp³-hybridized carbons (Fsp3) is 0.269. The Hall–Kier alpha value is -3.67. The molecule has 1 aliphatic heterocycles. The number of para-hydroxylation sites is 1. The van der Waals surface area contributed by atoms with Crippen molar-refractivity contribution in [2.45, 2.75) is 19.4 Å². The molecular weight excluding hydrogens is 402 g/mol. The number of ether oxygens (including phenoxy) is 1. The number of methoxy groups -OCH3 is 1. The number of amides is 2. The molecule has 6 heteroatoms. The van der Waals surface area contributed by atoms with Gasteiger partial charge in [-0.1, -0.05) is 42.0 Å². The zero-order valence-electron chi connectivity index (χ0n) is 18.3. The maximum absolute atomic E-state index is 13.2. The normalized spacial score (nSPS) is 17.8. The number of likely N-dealkylation sites (tertiary alicyclic amines) is 1. The molecule has 0 bridgehead atoms. The molecule has 0 saturated carbocycles. The number of nitrogens with zero attached hydrogens (tertiary/aromatic N) is 2. The van der Waals surface area contributed by atoms with E-state index in [0.717, 1.165) is 22.4 Å². The van der Waals surface area contributed by atoms with Gasteiger partial charge in [0, 0.05) is 43.5 Å². The van der Waals surface area contributed by atoms with Crippen LogP contribution in [-0.4, -0.2) is 41.9 Å². The summed E-state index contributed by atoms with van der Waals surface area (Å²) in [6, 6.07) is 19.0. The van der Waals surface area contributed by atoms with Crippen molar-refractivity contribution in [1.29, 1.82) is 0 Å². The molecular formula is C26H27N3O3. The molecule has 4 rings (SSSR count). The number of rotatable bonds is 6. The second-order valence-corrected chi connectivity index (χ2v) is 8.11. The SMILES string of the molecule is COc1ccccc1[C@H]1CN(C(=O)c2ccc(C)cc2)C[C@H]1C(=O)NCc1cccnc1. The number of hydrogen-bond donors (Lipinski definition) is 1. The van der Waals surface area contributed by atoms with Crippen LogP contribution in [0.3, 0.4) is 0 Å². The third kappa shape index (κ3) is 4.64. The Morgan fingerprint density at radius 1 is 1.06 bits per heavy atom. The van der Waals surface area contributed by atoms with Gasteiger partial charge in [0.05, 0.1) is 13.0 Å². The van der Waals surface area contributed by atoms with Gasteiger partial charge in [-0.3, -0.25) is 14.6 Å². The molecule has 2 aromatic carbocycles. The Bertz CT molecular complexity index is 1080. The molecule has 1 saturated heterocycles. The smallest absolute Gasteiger partial charge is 0.253 e. The summed E-state index contributed by atoms with van der Waals surface area (Å²) in [5.41, 5.74) is 3.60. The molecule has 0 spiro atoms. The molecule has 0 aliphatic carbocycles. The predicted molar refractivity (Wildman–Crippen MR) is 122 cm³/mol. The second kappa shape index (κ2) is 9.64. The minimum absolute atomic E-state index is 0.0625. The third-order valence-corrected chi connectivity index (χ3v) is 5.97. The summed E-state index contributed by atoms with van der Waals surface area (Å²) in [4.78, 5) is 32.3. The Morgan fingerprint density at radius 2 is 1.84 bits per heavy atom. The monoisotopic (exact) mass is 429 g/mol. The van der Waals surface area contributed by atoms with E-state index in [1.54, 1.807) is 24.4 Å². The van der Waals surface area contributed by atoms with Crippen molar-refractivity contribution >= 4 is 11.8 Å². The van der Waals surface area contributed by atoms with E-state index in [0.29, 0.717) is 25.2 Å². The van der Waals surface area contributed by atoms with Crippen LogP contribution >= 0.6 is 0 Å². The van der Waals surface area contributed by atoms with Gasteiger partial charge < -0.3 is 15.0 Å². The number of aromatic nitrogens is 1. The van der Waals surface area contributed by atoms with Crippen LogP contribution in [0.15, 0.2) is 73.1 Å². The van der Waals surface area contributed by atoms with E-state index in [1.165, 1.54) is 0 Å². The fourth-order valence-electron chi connectivity index (χ4n) is 4.22. The Kier molecular flexibility index (Phi) is 6.50. The van der Waals surface area contributed by atoms with E-state index in [2.05, 4.69) is 10.3 Å². The molecule has 2 amide bonds. The number of carbonyl (C=O) groups excluding carboxylic acids is 2. The highest BCUT2D eigenvalue weighted by Crippen LogP contribution is 2.38. The van der Waals surface area contributed by atoms with E-state index in [1.807, 2.05) is 67.6 Å². The number of carbonyl (C=O) groups is 2. The lowest BCUT2D eigenvalue weighted by Gasteiger charge is -2.20. The topological polar surface area (TPSA) is 71.5 Å². The molecule has 1 N–H and O–H groups in total. The Labute approximate surface area is 188 Å². The van der Waals surface area contributed by atoms with Crippen molar-refractivity contribution < 1.29 is 14.3 Å². The fourth-order valence-corrected chi connectivity index (χ4v) is 4.22. The minimum Gasteiger partial charge on any atom is -0.496 e. The van der Waals surface area contributed by atoms with Crippen molar-refractivity contribution in [2.75, 3.05) is 20.2 Å². The molecule has 0 unspecified atom stereocenters. The minimum atomic E-state index is -0.377. The first-order valence-electron chi connectivity index (χ1n) is 10.7. The highest BCUT2D eigenvalue weighted by molar-refractivity contribution is 5.95. The number of pyridine rings is 1. The lowest BCUT2D eigenvalue weighted by Crippen LogP contribution is -2.35. The van der Waals surface area contributed by atoms with Gasteiger partial charge in [0.25, 0.3) is 5.91 Å². The van der Waals surface area contributed by atoms with Crippen LogP contribution in [0.4, 0.5) is 0 Å². The first kappa shape index (κ1) is 21.6. The van der Waals surface area contributed by atoms with E-state index in [9.17, 15) is 9.59 Å². The van der Waals surface area contributed by atoms with Crippen LogP contribution in [0.2, 0.25) is 0 Å². The van der Waals surface area contributed by atoms with E-state index >= 15 is 0 Å². The van der Waals surface area contributed by atoms with Crippen molar-refractivity contribution in [1.82, 2.24) is 15.2 Å². The summed E-state index contributed by atoms with van der Waals surface area (Å²) in [5.74, 6) is 0.0513. The van der Waals surface area contributed by atoms with Crippen LogP contribution < -0.4 is 10.1 Å². The highest BCUT2D eigenvalue weighted by Gasteiger charge is 2.41. The Balaban J connectivity index is 1.58. The molecule has 32 heavy (non-hydrogen) atoms. The largest absolute Gasteiger partial charge is 0.496 e. The van der Waals surface area contributed by atoms with Gasteiger partial charge in [-0.25, -0.2) is 0 Å². The number of nitrogens with one attached hydrogen (secondary N) is 1. The first-order valence-corrected chi connectivity index (χ1v) is 10.7. The maximum atomic E-state index is 13.2. The van der Waals surface area contributed by atoms with Gasteiger partial charge in [0.1, 0.15) is 5.75 Å². The van der Waals surface area contributed by atoms with Crippen molar-refractivity contribution in [3.63, 3.8) is 0 Å². The van der Waals surface area contributed by atoms with Crippen LogP contribution in [0, 0.1) is 12.8 Å². The molecule has 1 aromatic heterocycles. The third-order valence-electron chi connectivity index (χ3n) is 5.97. The first-order chi connectivity index (χ1) is 15.6. The summed E-state index contributed by atoms with van der Waals surface area (Å²) < 4.78 is 5.57. The molecule has 2 atom stereocenters. The quantitative estimate of drug-likeness (QED) is 0.650. The molecule has 6 nitrogen and oxygen atoms in total. The van der Waals surface area contributed by atoms with Gasteiger partial charge in [0.15, 0.2) is 0 Å². The van der Waals surface area contributed by atoms with Gasteiger partial charge >= 0.3 is 0 Å². The summed E-state index contributed by atoms with van der Waals surface area (Å²) in [6.45, 7) is 3.20. The van der Waals surface area contributed by atoms with Crippen LogP contribution in [0.25, 0.3) is 0 Å². The van der Waals surface area contributed by atoms with Crippen molar-refractivity contribution in [2.24, 2.45) is 5.92 Å². The Morgan fingerprint density at radius 3 is 2.56 bits per heavy atom. The number of hydrogen-bond acceptors (Lipinski definition) is 4. The van der Waals surface area contributed by atoms with E-state index in [-0.39, 0.29) is 23.7 Å². The molecule has 1 fully saturated rings. The average Bonchev–Trinajstić information content (AvgIpc) is 3.28.